The molecule has 170 valence electrons. The molecule has 0 fully saturated rings. The molecule has 0 bridgehead atoms. The monoisotopic (exact) mass is 418 g/mol. The summed E-state index contributed by atoms with van der Waals surface area (Å²) >= 11 is 0. The Balaban J connectivity index is 3.26. The molecule has 0 aliphatic heterocycles. The molecule has 0 aliphatic carbocycles. The van der Waals surface area contributed by atoms with Gasteiger partial charge in [0.25, 0.3) is 0 Å². The Morgan fingerprint density at radius 3 is 2.03 bits per heavy atom. The van der Waals surface area contributed by atoms with Crippen LogP contribution in [0.2, 0.25) is 0 Å². The molecule has 0 radical (unpaired) electrons. The van der Waals surface area contributed by atoms with Gasteiger partial charge in [-0.3, -0.25) is 14.4 Å². The number of hydrogen-bond donors (Lipinski definition) is 2. The summed E-state index contributed by atoms with van der Waals surface area (Å²) in [6.07, 6.45) is 3.99. The van der Waals surface area contributed by atoms with Crippen LogP contribution in [0.1, 0.15) is 52.9 Å². The topological polar surface area (TPSA) is 112 Å². The number of rotatable bonds is 19. The average Bonchev–Trinajstić information content (AvgIpc) is 2.64. The summed E-state index contributed by atoms with van der Waals surface area (Å²) in [4.78, 5) is 33.1. The highest BCUT2D eigenvalue weighted by atomic mass is 16.6. The van der Waals surface area contributed by atoms with Gasteiger partial charge < -0.3 is 29.6 Å². The number of carbonyl (C=O) groups is 3. The van der Waals surface area contributed by atoms with Crippen molar-refractivity contribution in [1.29, 1.82) is 0 Å². The predicted octanol–water partition coefficient (Wildman–Crippen LogP) is 1.19. The molecule has 9 nitrogen and oxygen atoms in total. The number of carbonyl (C=O) groups excluding carboxylic acids is 3. The summed E-state index contributed by atoms with van der Waals surface area (Å²) in [5, 5.41) is 5.39. The zero-order chi connectivity index (χ0) is 21.8. The minimum Gasteiger partial charge on any atom is -0.460 e. The maximum Gasteiger partial charge on any atom is 0.308 e. The lowest BCUT2D eigenvalue weighted by Gasteiger charge is -2.19. The van der Waals surface area contributed by atoms with Crippen LogP contribution in [-0.2, 0) is 33.3 Å². The molecule has 0 aromatic carbocycles. The van der Waals surface area contributed by atoms with Gasteiger partial charge in [-0.05, 0) is 33.6 Å². The number of hydrogen-bond acceptors (Lipinski definition) is 7. The Labute approximate surface area is 174 Å². The van der Waals surface area contributed by atoms with Crippen molar-refractivity contribution in [3.63, 3.8) is 0 Å². The van der Waals surface area contributed by atoms with Gasteiger partial charge in [0.1, 0.15) is 5.60 Å². The molecule has 0 aromatic rings. The highest BCUT2D eigenvalue weighted by molar-refractivity contribution is 5.75. The van der Waals surface area contributed by atoms with Crippen LogP contribution >= 0.6 is 0 Å². The third-order valence-electron chi connectivity index (χ3n) is 3.49. The van der Waals surface area contributed by atoms with Crippen molar-refractivity contribution in [1.82, 2.24) is 10.6 Å². The molecule has 0 spiro atoms. The van der Waals surface area contributed by atoms with E-state index in [2.05, 4.69) is 10.6 Å². The zero-order valence-corrected chi connectivity index (χ0v) is 18.1. The Morgan fingerprint density at radius 1 is 0.793 bits per heavy atom. The summed E-state index contributed by atoms with van der Waals surface area (Å²) < 4.78 is 21.2. The van der Waals surface area contributed by atoms with Gasteiger partial charge in [0.15, 0.2) is 0 Å². The second-order valence-electron chi connectivity index (χ2n) is 7.41. The number of ether oxygens (including phenoxy) is 4. The number of nitrogens with one attached hydrogen (secondary N) is 2. The van der Waals surface area contributed by atoms with Gasteiger partial charge in [-0.25, -0.2) is 0 Å². The van der Waals surface area contributed by atoms with Gasteiger partial charge in [-0.15, -0.1) is 0 Å². The molecule has 0 saturated carbocycles. The van der Waals surface area contributed by atoms with Crippen molar-refractivity contribution >= 4 is 18.3 Å². The van der Waals surface area contributed by atoms with Crippen LogP contribution in [0.25, 0.3) is 0 Å². The standard InChI is InChI=1S/C20H38N2O7/c1-20(2,3)29-19(25)8-11-26-13-15-28-16-14-27-12-10-22-18(24)7-5-4-6-9-21-17-23/h17H,4-16H2,1-3H3,(H,21,23)(H,22,24). The summed E-state index contributed by atoms with van der Waals surface area (Å²) in [6, 6.07) is 0. The van der Waals surface area contributed by atoms with Crippen molar-refractivity contribution in [2.75, 3.05) is 52.7 Å². The van der Waals surface area contributed by atoms with Gasteiger partial charge >= 0.3 is 5.97 Å². The zero-order valence-electron chi connectivity index (χ0n) is 18.1. The molecule has 9 heteroatoms. The van der Waals surface area contributed by atoms with Gasteiger partial charge in [0.05, 0.1) is 46.1 Å². The van der Waals surface area contributed by atoms with E-state index in [9.17, 15) is 14.4 Å². The third-order valence-corrected chi connectivity index (χ3v) is 3.49. The van der Waals surface area contributed by atoms with Gasteiger partial charge in [-0.2, -0.15) is 0 Å². The van der Waals surface area contributed by atoms with Crippen molar-refractivity contribution < 1.29 is 33.3 Å². The van der Waals surface area contributed by atoms with E-state index < -0.39 is 5.60 Å². The molecule has 2 amide bonds. The smallest absolute Gasteiger partial charge is 0.308 e. The first-order valence-electron chi connectivity index (χ1n) is 10.2. The molecule has 0 heterocycles. The molecule has 2 N–H and O–H groups in total. The molecular formula is C20H38N2O7. The molecule has 0 atom stereocenters. The minimum absolute atomic E-state index is 0.0109. The first kappa shape index (κ1) is 27.3. The first-order chi connectivity index (χ1) is 13.8. The second kappa shape index (κ2) is 18.3. The fourth-order valence-corrected chi connectivity index (χ4v) is 2.19. The molecule has 0 aromatic heterocycles. The van der Waals surface area contributed by atoms with Gasteiger partial charge in [-0.1, -0.05) is 6.42 Å². The highest BCUT2D eigenvalue weighted by Crippen LogP contribution is 2.08. The Bertz CT molecular complexity index is 439. The van der Waals surface area contributed by atoms with Crippen molar-refractivity contribution in [3.8, 4) is 0 Å². The summed E-state index contributed by atoms with van der Waals surface area (Å²) in [5.74, 6) is -0.262. The maximum atomic E-state index is 11.6. The quantitative estimate of drug-likeness (QED) is 0.184. The van der Waals surface area contributed by atoms with E-state index >= 15 is 0 Å². The number of unbranched alkanes of at least 4 members (excludes halogenated alkanes) is 2. The van der Waals surface area contributed by atoms with Crippen molar-refractivity contribution in [3.05, 3.63) is 0 Å². The minimum atomic E-state index is -0.473. The molecule has 0 aliphatic rings. The molecule has 0 unspecified atom stereocenters. The Morgan fingerprint density at radius 2 is 1.41 bits per heavy atom. The van der Waals surface area contributed by atoms with Crippen LogP contribution in [0, 0.1) is 0 Å². The average molecular weight is 419 g/mol. The van der Waals surface area contributed by atoms with Crippen molar-refractivity contribution in [2.45, 2.75) is 58.5 Å². The van der Waals surface area contributed by atoms with Crippen LogP contribution < -0.4 is 10.6 Å². The van der Waals surface area contributed by atoms with Gasteiger partial charge in [0, 0.05) is 19.5 Å². The van der Waals surface area contributed by atoms with Crippen LogP contribution in [0.3, 0.4) is 0 Å². The fourth-order valence-electron chi connectivity index (χ4n) is 2.19. The van der Waals surface area contributed by atoms with E-state index in [4.69, 9.17) is 18.9 Å². The van der Waals surface area contributed by atoms with E-state index in [0.717, 1.165) is 19.3 Å². The van der Waals surface area contributed by atoms with E-state index in [1.165, 1.54) is 0 Å². The summed E-state index contributed by atoms with van der Waals surface area (Å²) in [7, 11) is 0. The first-order valence-corrected chi connectivity index (χ1v) is 10.2. The van der Waals surface area contributed by atoms with Gasteiger partial charge in [0.2, 0.25) is 12.3 Å². The second-order valence-corrected chi connectivity index (χ2v) is 7.41. The fraction of sp³-hybridized carbons (Fsp3) is 0.850. The van der Waals surface area contributed by atoms with Crippen LogP contribution in [0.4, 0.5) is 0 Å². The molecule has 0 saturated heterocycles. The number of esters is 1. The maximum absolute atomic E-state index is 11.6. The lowest BCUT2D eigenvalue weighted by atomic mass is 10.2. The Kier molecular flexibility index (Phi) is 17.2. The van der Waals surface area contributed by atoms with E-state index in [0.29, 0.717) is 65.6 Å². The van der Waals surface area contributed by atoms with E-state index in [-0.39, 0.29) is 18.3 Å². The van der Waals surface area contributed by atoms with E-state index in [1.54, 1.807) is 0 Å². The summed E-state index contributed by atoms with van der Waals surface area (Å²) in [6.45, 7) is 9.07. The van der Waals surface area contributed by atoms with Crippen LogP contribution in [0.15, 0.2) is 0 Å². The third kappa shape index (κ3) is 22.4. The number of amides is 2. The van der Waals surface area contributed by atoms with Crippen molar-refractivity contribution in [2.24, 2.45) is 0 Å². The summed E-state index contributed by atoms with van der Waals surface area (Å²) in [5.41, 5.74) is -0.473. The largest absolute Gasteiger partial charge is 0.460 e. The Hall–Kier alpha value is -1.71. The predicted molar refractivity (Wildman–Crippen MR) is 108 cm³/mol. The molecule has 29 heavy (non-hydrogen) atoms. The van der Waals surface area contributed by atoms with E-state index in [1.807, 2.05) is 20.8 Å². The SMILES string of the molecule is CC(C)(C)OC(=O)CCOCCOCCOCCNC(=O)CCCCCNC=O. The normalized spacial score (nSPS) is 11.1. The van der Waals surface area contributed by atoms with Crippen LogP contribution in [-0.4, -0.2) is 76.6 Å². The lowest BCUT2D eigenvalue weighted by molar-refractivity contribution is -0.156. The molecule has 0 rings (SSSR count). The molecular weight excluding hydrogens is 380 g/mol. The lowest BCUT2D eigenvalue weighted by Crippen LogP contribution is -2.27. The van der Waals surface area contributed by atoms with Crippen LogP contribution in [0.5, 0.6) is 0 Å². The highest BCUT2D eigenvalue weighted by Gasteiger charge is 2.15.